The van der Waals surface area contributed by atoms with Gasteiger partial charge in [0.1, 0.15) is 0 Å². The third-order valence-corrected chi connectivity index (χ3v) is 4.89. The minimum Gasteiger partial charge on any atom is -0.309 e. The Balaban J connectivity index is 2.04. The summed E-state index contributed by atoms with van der Waals surface area (Å²) in [7, 11) is 0. The van der Waals surface area contributed by atoms with Gasteiger partial charge in [-0.1, -0.05) is 20.3 Å². The molecule has 1 fully saturated rings. The summed E-state index contributed by atoms with van der Waals surface area (Å²) >= 11 is 2.01. The van der Waals surface area contributed by atoms with Crippen molar-refractivity contribution in [3.8, 4) is 0 Å². The molecule has 1 unspecified atom stereocenters. The molecule has 2 rings (SSSR count). The predicted molar refractivity (Wildman–Crippen MR) is 72.1 cm³/mol. The fraction of sp³-hybridized carbons (Fsp3) is 0.714. The van der Waals surface area contributed by atoms with Crippen LogP contribution in [0.3, 0.4) is 0 Å². The zero-order valence-electron chi connectivity index (χ0n) is 10.5. The van der Waals surface area contributed by atoms with Crippen LogP contribution in [0.2, 0.25) is 0 Å². The van der Waals surface area contributed by atoms with Crippen molar-refractivity contribution >= 4 is 11.3 Å². The Hall–Kier alpha value is -0.340. The highest BCUT2D eigenvalue weighted by Crippen LogP contribution is 2.39. The van der Waals surface area contributed by atoms with Gasteiger partial charge in [0, 0.05) is 15.8 Å². The SMILES string of the molecule is CCCNC(c1ccc(CC)s1)C1CCC1. The average Bonchev–Trinajstić information content (AvgIpc) is 2.69. The van der Waals surface area contributed by atoms with Gasteiger partial charge in [0.05, 0.1) is 0 Å². The predicted octanol–water partition coefficient (Wildman–Crippen LogP) is 4.15. The molecule has 1 nitrogen and oxygen atoms in total. The molecule has 2 heteroatoms. The molecule has 0 amide bonds. The molecule has 1 aromatic heterocycles. The summed E-state index contributed by atoms with van der Waals surface area (Å²) < 4.78 is 0. The maximum absolute atomic E-state index is 3.74. The molecule has 1 heterocycles. The first-order chi connectivity index (χ1) is 7.85. The molecule has 0 aromatic carbocycles. The van der Waals surface area contributed by atoms with Crippen molar-refractivity contribution in [3.05, 3.63) is 21.9 Å². The van der Waals surface area contributed by atoms with Crippen LogP contribution in [0, 0.1) is 5.92 Å². The van der Waals surface area contributed by atoms with E-state index in [1.54, 1.807) is 4.88 Å². The van der Waals surface area contributed by atoms with Crippen LogP contribution in [0.5, 0.6) is 0 Å². The van der Waals surface area contributed by atoms with E-state index in [-0.39, 0.29) is 0 Å². The maximum atomic E-state index is 3.74. The van der Waals surface area contributed by atoms with Gasteiger partial charge in [-0.05, 0) is 50.3 Å². The quantitative estimate of drug-likeness (QED) is 0.783. The first-order valence-electron chi connectivity index (χ1n) is 6.67. The van der Waals surface area contributed by atoms with E-state index in [2.05, 4.69) is 31.3 Å². The van der Waals surface area contributed by atoms with Gasteiger partial charge in [-0.15, -0.1) is 11.3 Å². The monoisotopic (exact) mass is 237 g/mol. The normalized spacial score (nSPS) is 18.4. The van der Waals surface area contributed by atoms with Gasteiger partial charge >= 0.3 is 0 Å². The van der Waals surface area contributed by atoms with Crippen LogP contribution in [0.25, 0.3) is 0 Å². The van der Waals surface area contributed by atoms with Gasteiger partial charge in [0.15, 0.2) is 0 Å². The lowest BCUT2D eigenvalue weighted by atomic mass is 9.79. The van der Waals surface area contributed by atoms with Gasteiger partial charge < -0.3 is 5.32 Å². The fourth-order valence-corrected chi connectivity index (χ4v) is 3.45. The van der Waals surface area contributed by atoms with Crippen molar-refractivity contribution < 1.29 is 0 Å². The summed E-state index contributed by atoms with van der Waals surface area (Å²) in [5, 5.41) is 3.74. The van der Waals surface area contributed by atoms with E-state index in [0.717, 1.165) is 12.5 Å². The van der Waals surface area contributed by atoms with E-state index < -0.39 is 0 Å². The summed E-state index contributed by atoms with van der Waals surface area (Å²) in [6.07, 6.45) is 6.67. The van der Waals surface area contributed by atoms with Crippen molar-refractivity contribution in [3.63, 3.8) is 0 Å². The number of aryl methyl sites for hydroxylation is 1. The molecule has 1 aliphatic carbocycles. The van der Waals surface area contributed by atoms with Crippen molar-refractivity contribution in [2.75, 3.05) is 6.54 Å². The van der Waals surface area contributed by atoms with Crippen LogP contribution in [0.15, 0.2) is 12.1 Å². The lowest BCUT2D eigenvalue weighted by molar-refractivity contribution is 0.234. The molecule has 1 aliphatic rings. The number of hydrogen-bond donors (Lipinski definition) is 1. The number of thiophene rings is 1. The standard InChI is InChI=1S/C14H23NS/c1-3-10-15-14(11-6-5-7-11)13-9-8-12(4-2)16-13/h8-9,11,14-15H,3-7,10H2,1-2H3. The second kappa shape index (κ2) is 5.83. The molecule has 90 valence electrons. The van der Waals surface area contributed by atoms with E-state index >= 15 is 0 Å². The lowest BCUT2D eigenvalue weighted by Gasteiger charge is -2.34. The molecule has 0 saturated heterocycles. The first kappa shape index (κ1) is 12.1. The van der Waals surface area contributed by atoms with E-state index in [0.29, 0.717) is 6.04 Å². The van der Waals surface area contributed by atoms with Gasteiger partial charge in [0.25, 0.3) is 0 Å². The van der Waals surface area contributed by atoms with Gasteiger partial charge in [-0.2, -0.15) is 0 Å². The third-order valence-electron chi connectivity index (χ3n) is 3.57. The van der Waals surface area contributed by atoms with Crippen LogP contribution in [0.1, 0.15) is 55.3 Å². The zero-order valence-corrected chi connectivity index (χ0v) is 11.3. The second-order valence-corrected chi connectivity index (χ2v) is 5.98. The highest BCUT2D eigenvalue weighted by molar-refractivity contribution is 7.12. The molecule has 0 bridgehead atoms. The Labute approximate surface area is 103 Å². The smallest absolute Gasteiger partial charge is 0.0443 e. The Morgan fingerprint density at radius 1 is 1.38 bits per heavy atom. The summed E-state index contributed by atoms with van der Waals surface area (Å²) in [6.45, 7) is 5.64. The second-order valence-electron chi connectivity index (χ2n) is 4.78. The third kappa shape index (κ3) is 2.67. The molecular weight excluding hydrogens is 214 g/mol. The molecule has 1 saturated carbocycles. The van der Waals surface area contributed by atoms with Crippen molar-refractivity contribution in [2.24, 2.45) is 5.92 Å². The minimum absolute atomic E-state index is 0.638. The summed E-state index contributed by atoms with van der Waals surface area (Å²) in [4.78, 5) is 3.09. The molecule has 1 N–H and O–H groups in total. The molecule has 0 aliphatic heterocycles. The summed E-state index contributed by atoms with van der Waals surface area (Å²) in [6, 6.07) is 5.29. The molecule has 0 spiro atoms. The number of rotatable bonds is 6. The highest BCUT2D eigenvalue weighted by Gasteiger charge is 2.28. The van der Waals surface area contributed by atoms with Crippen LogP contribution in [-0.4, -0.2) is 6.54 Å². The summed E-state index contributed by atoms with van der Waals surface area (Å²) in [5.41, 5.74) is 0. The fourth-order valence-electron chi connectivity index (χ4n) is 2.32. The Kier molecular flexibility index (Phi) is 4.42. The topological polar surface area (TPSA) is 12.0 Å². The molecular formula is C14H23NS. The first-order valence-corrected chi connectivity index (χ1v) is 7.48. The lowest BCUT2D eigenvalue weighted by Crippen LogP contribution is -2.32. The summed E-state index contributed by atoms with van der Waals surface area (Å²) in [5.74, 6) is 0.898. The van der Waals surface area contributed by atoms with E-state index in [1.807, 2.05) is 11.3 Å². The largest absolute Gasteiger partial charge is 0.309 e. The van der Waals surface area contributed by atoms with Crippen LogP contribution in [-0.2, 0) is 6.42 Å². The van der Waals surface area contributed by atoms with Crippen molar-refractivity contribution in [1.29, 1.82) is 0 Å². The van der Waals surface area contributed by atoms with Crippen LogP contribution >= 0.6 is 11.3 Å². The average molecular weight is 237 g/mol. The highest BCUT2D eigenvalue weighted by atomic mass is 32.1. The Bertz CT molecular complexity index is 314. The van der Waals surface area contributed by atoms with Gasteiger partial charge in [0.2, 0.25) is 0 Å². The van der Waals surface area contributed by atoms with E-state index in [4.69, 9.17) is 0 Å². The molecule has 1 atom stereocenters. The van der Waals surface area contributed by atoms with Crippen LogP contribution in [0.4, 0.5) is 0 Å². The minimum atomic E-state index is 0.638. The van der Waals surface area contributed by atoms with Crippen molar-refractivity contribution in [1.82, 2.24) is 5.32 Å². The zero-order chi connectivity index (χ0) is 11.4. The van der Waals surface area contributed by atoms with Gasteiger partial charge in [-0.3, -0.25) is 0 Å². The van der Waals surface area contributed by atoms with Crippen LogP contribution < -0.4 is 5.32 Å². The maximum Gasteiger partial charge on any atom is 0.0443 e. The Morgan fingerprint density at radius 2 is 2.19 bits per heavy atom. The number of hydrogen-bond acceptors (Lipinski definition) is 2. The Morgan fingerprint density at radius 3 is 2.69 bits per heavy atom. The van der Waals surface area contributed by atoms with Gasteiger partial charge in [-0.25, -0.2) is 0 Å². The van der Waals surface area contributed by atoms with Crippen molar-refractivity contribution in [2.45, 2.75) is 52.0 Å². The molecule has 16 heavy (non-hydrogen) atoms. The van der Waals surface area contributed by atoms with E-state index in [1.165, 1.54) is 37.0 Å². The molecule has 1 aromatic rings. The molecule has 0 radical (unpaired) electrons. The van der Waals surface area contributed by atoms with E-state index in [9.17, 15) is 0 Å². The number of nitrogens with one attached hydrogen (secondary N) is 1.